The van der Waals surface area contributed by atoms with E-state index in [9.17, 15) is 0 Å². The maximum Gasteiger partial charge on any atom is 0.120 e. The van der Waals surface area contributed by atoms with Crippen LogP contribution in [0.15, 0.2) is 18.2 Å². The predicted molar refractivity (Wildman–Crippen MR) is 49.8 cm³/mol. The molecule has 1 aliphatic carbocycles. The van der Waals surface area contributed by atoms with E-state index in [0.29, 0.717) is 6.10 Å². The van der Waals surface area contributed by atoms with E-state index in [4.69, 9.17) is 16.3 Å². The molecule has 0 bridgehead atoms. The number of aryl methyl sites for hydroxylation is 1. The summed E-state index contributed by atoms with van der Waals surface area (Å²) in [7, 11) is 0. The Bertz CT molecular complexity index is 292. The van der Waals surface area contributed by atoms with Crippen molar-refractivity contribution in [3.8, 4) is 5.75 Å². The van der Waals surface area contributed by atoms with Gasteiger partial charge in [0.1, 0.15) is 5.75 Å². The lowest BCUT2D eigenvalue weighted by Gasteiger charge is -2.05. The maximum absolute atomic E-state index is 5.88. The minimum Gasteiger partial charge on any atom is -0.490 e. The average Bonchev–Trinajstić information content (AvgIpc) is 2.81. The number of rotatable bonds is 2. The molecule has 0 radical (unpaired) electrons. The fraction of sp³-hybridized carbons (Fsp3) is 0.400. The Balaban J connectivity index is 2.15. The van der Waals surface area contributed by atoms with Gasteiger partial charge >= 0.3 is 0 Å². The molecule has 2 heteroatoms. The van der Waals surface area contributed by atoms with Crippen molar-refractivity contribution in [2.75, 3.05) is 0 Å². The number of halogens is 1. The first kappa shape index (κ1) is 7.93. The van der Waals surface area contributed by atoms with E-state index in [2.05, 4.69) is 0 Å². The molecule has 1 saturated carbocycles. The minimum atomic E-state index is 0.463. The van der Waals surface area contributed by atoms with Crippen LogP contribution in [-0.4, -0.2) is 6.10 Å². The van der Waals surface area contributed by atoms with Gasteiger partial charge in [0.15, 0.2) is 0 Å². The molecule has 0 aliphatic heterocycles. The number of ether oxygens (including phenoxy) is 1. The third kappa shape index (κ3) is 1.72. The van der Waals surface area contributed by atoms with Gasteiger partial charge in [-0.1, -0.05) is 11.6 Å². The molecule has 0 amide bonds. The second-order valence-electron chi connectivity index (χ2n) is 3.23. The van der Waals surface area contributed by atoms with Crippen molar-refractivity contribution in [2.24, 2.45) is 0 Å². The normalized spacial score (nSPS) is 16.2. The van der Waals surface area contributed by atoms with E-state index in [1.54, 1.807) is 0 Å². The van der Waals surface area contributed by atoms with Crippen LogP contribution >= 0.6 is 11.6 Å². The zero-order valence-corrected chi connectivity index (χ0v) is 7.77. The summed E-state index contributed by atoms with van der Waals surface area (Å²) in [4.78, 5) is 0. The summed E-state index contributed by atoms with van der Waals surface area (Å²) >= 11 is 5.88. The van der Waals surface area contributed by atoms with Crippen molar-refractivity contribution >= 4 is 11.6 Å². The van der Waals surface area contributed by atoms with E-state index >= 15 is 0 Å². The molecule has 1 aromatic rings. The van der Waals surface area contributed by atoms with Gasteiger partial charge in [-0.2, -0.15) is 0 Å². The molecule has 0 saturated heterocycles. The van der Waals surface area contributed by atoms with Gasteiger partial charge in [0, 0.05) is 5.02 Å². The summed E-state index contributed by atoms with van der Waals surface area (Å²) in [6.07, 6.45) is 2.86. The Morgan fingerprint density at radius 3 is 2.75 bits per heavy atom. The Morgan fingerprint density at radius 1 is 1.42 bits per heavy atom. The van der Waals surface area contributed by atoms with E-state index in [0.717, 1.165) is 16.3 Å². The lowest BCUT2D eigenvalue weighted by molar-refractivity contribution is 0.303. The van der Waals surface area contributed by atoms with E-state index < -0.39 is 0 Å². The molecule has 1 aliphatic rings. The smallest absolute Gasteiger partial charge is 0.120 e. The summed E-state index contributed by atoms with van der Waals surface area (Å²) in [5, 5.41) is 0.804. The highest BCUT2D eigenvalue weighted by Crippen LogP contribution is 2.28. The number of hydrogen-bond donors (Lipinski definition) is 0. The molecule has 0 spiro atoms. The van der Waals surface area contributed by atoms with Crippen LogP contribution in [0.4, 0.5) is 0 Å². The Hall–Kier alpha value is -0.690. The third-order valence-electron chi connectivity index (χ3n) is 1.96. The number of benzene rings is 1. The first-order valence-electron chi connectivity index (χ1n) is 4.18. The molecule has 1 fully saturated rings. The van der Waals surface area contributed by atoms with Crippen molar-refractivity contribution in [3.63, 3.8) is 0 Å². The van der Waals surface area contributed by atoms with Gasteiger partial charge in [-0.25, -0.2) is 0 Å². The first-order valence-corrected chi connectivity index (χ1v) is 4.56. The molecule has 0 heterocycles. The minimum absolute atomic E-state index is 0.463. The quantitative estimate of drug-likeness (QED) is 0.683. The molecule has 1 aromatic carbocycles. The predicted octanol–water partition coefficient (Wildman–Crippen LogP) is 3.19. The SMILES string of the molecule is Cc1cc(OC2CC2)ccc1Cl. The van der Waals surface area contributed by atoms with Crippen LogP contribution in [0.5, 0.6) is 5.75 Å². The number of hydrogen-bond acceptors (Lipinski definition) is 1. The van der Waals surface area contributed by atoms with Crippen molar-refractivity contribution in [1.29, 1.82) is 0 Å². The van der Waals surface area contributed by atoms with E-state index in [1.165, 1.54) is 12.8 Å². The molecule has 12 heavy (non-hydrogen) atoms. The lowest BCUT2D eigenvalue weighted by Crippen LogP contribution is -1.95. The van der Waals surface area contributed by atoms with Gasteiger partial charge in [-0.15, -0.1) is 0 Å². The third-order valence-corrected chi connectivity index (χ3v) is 2.38. The van der Waals surface area contributed by atoms with Crippen LogP contribution in [0.3, 0.4) is 0 Å². The summed E-state index contributed by atoms with van der Waals surface area (Å²) in [5.74, 6) is 0.944. The standard InChI is InChI=1S/C10H11ClO/c1-7-6-9(4-5-10(7)11)12-8-2-3-8/h4-6,8H,2-3H2,1H3. The van der Waals surface area contributed by atoms with Crippen molar-refractivity contribution in [1.82, 2.24) is 0 Å². The highest BCUT2D eigenvalue weighted by Gasteiger charge is 2.23. The zero-order chi connectivity index (χ0) is 8.55. The van der Waals surface area contributed by atoms with Crippen LogP contribution in [0.25, 0.3) is 0 Å². The van der Waals surface area contributed by atoms with Crippen LogP contribution < -0.4 is 4.74 Å². The Kier molecular flexibility index (Phi) is 1.97. The topological polar surface area (TPSA) is 9.23 Å². The first-order chi connectivity index (χ1) is 5.75. The van der Waals surface area contributed by atoms with Crippen LogP contribution in [0.1, 0.15) is 18.4 Å². The summed E-state index contributed by atoms with van der Waals surface area (Å²) in [6.45, 7) is 1.99. The highest BCUT2D eigenvalue weighted by atomic mass is 35.5. The fourth-order valence-electron chi connectivity index (χ4n) is 1.07. The molecule has 0 N–H and O–H groups in total. The Labute approximate surface area is 77.3 Å². The van der Waals surface area contributed by atoms with Gasteiger partial charge in [-0.05, 0) is 43.5 Å². The highest BCUT2D eigenvalue weighted by molar-refractivity contribution is 6.31. The molecular formula is C10H11ClO. The second-order valence-corrected chi connectivity index (χ2v) is 3.64. The monoisotopic (exact) mass is 182 g/mol. The summed E-state index contributed by atoms with van der Waals surface area (Å²) < 4.78 is 5.60. The molecule has 64 valence electrons. The maximum atomic E-state index is 5.88. The molecule has 2 rings (SSSR count). The second kappa shape index (κ2) is 2.98. The molecular weight excluding hydrogens is 172 g/mol. The largest absolute Gasteiger partial charge is 0.490 e. The Morgan fingerprint density at radius 2 is 2.17 bits per heavy atom. The van der Waals surface area contributed by atoms with E-state index in [1.807, 2.05) is 25.1 Å². The molecule has 1 nitrogen and oxygen atoms in total. The van der Waals surface area contributed by atoms with E-state index in [-0.39, 0.29) is 0 Å². The van der Waals surface area contributed by atoms with Gasteiger partial charge in [-0.3, -0.25) is 0 Å². The van der Waals surface area contributed by atoms with Crippen molar-refractivity contribution in [2.45, 2.75) is 25.9 Å². The van der Waals surface area contributed by atoms with Gasteiger partial charge in [0.25, 0.3) is 0 Å². The molecule has 0 unspecified atom stereocenters. The van der Waals surface area contributed by atoms with Crippen molar-refractivity contribution in [3.05, 3.63) is 28.8 Å². The molecule has 0 atom stereocenters. The van der Waals surface area contributed by atoms with Gasteiger partial charge in [0.2, 0.25) is 0 Å². The summed E-state index contributed by atoms with van der Waals surface area (Å²) in [5.41, 5.74) is 1.08. The molecule has 0 aromatic heterocycles. The average molecular weight is 183 g/mol. The van der Waals surface area contributed by atoms with Gasteiger partial charge < -0.3 is 4.74 Å². The van der Waals surface area contributed by atoms with Crippen LogP contribution in [0, 0.1) is 6.92 Å². The fourth-order valence-corrected chi connectivity index (χ4v) is 1.19. The van der Waals surface area contributed by atoms with Crippen LogP contribution in [-0.2, 0) is 0 Å². The summed E-state index contributed by atoms with van der Waals surface area (Å²) in [6, 6.07) is 5.79. The lowest BCUT2D eigenvalue weighted by atomic mass is 10.2. The zero-order valence-electron chi connectivity index (χ0n) is 7.01. The van der Waals surface area contributed by atoms with Gasteiger partial charge in [0.05, 0.1) is 6.10 Å². The van der Waals surface area contributed by atoms with Crippen LogP contribution in [0.2, 0.25) is 5.02 Å². The van der Waals surface area contributed by atoms with Crippen molar-refractivity contribution < 1.29 is 4.74 Å².